The number of amides is 1. The number of aromatic nitrogens is 1. The normalized spacial score (nSPS) is 28.8. The summed E-state index contributed by atoms with van der Waals surface area (Å²) in [5.41, 5.74) is 1.27. The van der Waals surface area contributed by atoms with Gasteiger partial charge in [0.1, 0.15) is 0 Å². The number of likely N-dealkylation sites (tertiary alicyclic amines) is 1. The molecular weight excluding hydrogens is 266 g/mol. The third-order valence-electron chi connectivity index (χ3n) is 4.84. The van der Waals surface area contributed by atoms with Crippen LogP contribution in [0.3, 0.4) is 0 Å². The lowest BCUT2D eigenvalue weighted by atomic mass is 9.83. The number of carbonyl (C=O) groups is 1. The Balaban J connectivity index is 1.93. The first-order chi connectivity index (χ1) is 9.88. The van der Waals surface area contributed by atoms with E-state index in [9.17, 15) is 9.90 Å². The van der Waals surface area contributed by atoms with Crippen molar-refractivity contribution in [3.05, 3.63) is 24.5 Å². The Morgan fingerprint density at radius 2 is 2.14 bits per heavy atom. The molecular formula is C16H23N3O2. The molecule has 2 aliphatic heterocycles. The Morgan fingerprint density at radius 3 is 2.71 bits per heavy atom. The van der Waals surface area contributed by atoms with Crippen LogP contribution in [0.4, 0.5) is 10.5 Å². The first kappa shape index (κ1) is 14.2. The van der Waals surface area contributed by atoms with Crippen LogP contribution in [0.25, 0.3) is 0 Å². The largest absolute Gasteiger partial charge is 0.465 e. The van der Waals surface area contributed by atoms with E-state index in [-0.39, 0.29) is 11.5 Å². The van der Waals surface area contributed by atoms with E-state index in [1.165, 1.54) is 0 Å². The second-order valence-electron chi connectivity index (χ2n) is 7.25. The van der Waals surface area contributed by atoms with Crippen molar-refractivity contribution in [2.75, 3.05) is 18.0 Å². The predicted octanol–water partition coefficient (Wildman–Crippen LogP) is 2.68. The molecule has 114 valence electrons. The van der Waals surface area contributed by atoms with E-state index in [0.29, 0.717) is 25.0 Å². The number of anilines is 1. The van der Waals surface area contributed by atoms with Crippen LogP contribution in [-0.2, 0) is 0 Å². The van der Waals surface area contributed by atoms with Gasteiger partial charge in [-0.15, -0.1) is 0 Å². The van der Waals surface area contributed by atoms with Crippen molar-refractivity contribution in [3.8, 4) is 0 Å². The van der Waals surface area contributed by atoms with E-state index in [1.807, 2.05) is 12.3 Å². The summed E-state index contributed by atoms with van der Waals surface area (Å²) in [5.74, 6) is 0.422. The van der Waals surface area contributed by atoms with Crippen molar-refractivity contribution < 1.29 is 9.90 Å². The van der Waals surface area contributed by atoms with Crippen molar-refractivity contribution in [2.45, 2.75) is 39.3 Å². The fourth-order valence-corrected chi connectivity index (χ4v) is 3.84. The van der Waals surface area contributed by atoms with E-state index < -0.39 is 6.09 Å². The zero-order valence-electron chi connectivity index (χ0n) is 12.9. The summed E-state index contributed by atoms with van der Waals surface area (Å²) in [6.07, 6.45) is 3.92. The van der Waals surface area contributed by atoms with Gasteiger partial charge in [-0.1, -0.05) is 20.8 Å². The fraction of sp³-hybridized carbons (Fsp3) is 0.625. The number of hydrogen-bond acceptors (Lipinski definition) is 3. The Bertz CT molecular complexity index is 526. The molecule has 21 heavy (non-hydrogen) atoms. The van der Waals surface area contributed by atoms with Gasteiger partial charge in [-0.2, -0.15) is 0 Å². The Hall–Kier alpha value is -1.78. The summed E-state index contributed by atoms with van der Waals surface area (Å²) >= 11 is 0. The highest BCUT2D eigenvalue weighted by Crippen LogP contribution is 2.44. The number of hydrogen-bond donors (Lipinski definition) is 1. The van der Waals surface area contributed by atoms with Crippen molar-refractivity contribution in [1.29, 1.82) is 0 Å². The topological polar surface area (TPSA) is 56.7 Å². The first-order valence-electron chi connectivity index (χ1n) is 7.54. The summed E-state index contributed by atoms with van der Waals surface area (Å²) in [6.45, 7) is 8.04. The molecule has 2 saturated heterocycles. The van der Waals surface area contributed by atoms with Gasteiger partial charge in [0.2, 0.25) is 0 Å². The van der Waals surface area contributed by atoms with Crippen LogP contribution in [0.2, 0.25) is 0 Å². The molecule has 5 heteroatoms. The highest BCUT2D eigenvalue weighted by molar-refractivity contribution is 5.66. The Labute approximate surface area is 125 Å². The van der Waals surface area contributed by atoms with E-state index in [0.717, 1.165) is 12.1 Å². The molecule has 0 aliphatic carbocycles. The Morgan fingerprint density at radius 1 is 1.38 bits per heavy atom. The standard InChI is InChI=1S/C16H23N3O2/c1-16(2,3)14-7-11-9-18(15(20)21)10-13(11)19(14)12-5-4-6-17-8-12/h4-6,8,11,13-14H,7,9-10H2,1-3H3,(H,20,21)/t11-,13+,14?/m1/s1. The molecule has 0 aromatic carbocycles. The number of rotatable bonds is 1. The lowest BCUT2D eigenvalue weighted by molar-refractivity contribution is 0.151. The molecule has 1 aromatic rings. The van der Waals surface area contributed by atoms with E-state index in [4.69, 9.17) is 0 Å². The van der Waals surface area contributed by atoms with E-state index in [2.05, 4.69) is 36.7 Å². The third-order valence-corrected chi connectivity index (χ3v) is 4.84. The maximum absolute atomic E-state index is 11.2. The Kier molecular flexibility index (Phi) is 3.30. The summed E-state index contributed by atoms with van der Waals surface area (Å²) in [6, 6.07) is 4.73. The predicted molar refractivity (Wildman–Crippen MR) is 81.5 cm³/mol. The molecule has 1 N–H and O–H groups in total. The molecule has 5 nitrogen and oxygen atoms in total. The minimum Gasteiger partial charge on any atom is -0.465 e. The molecule has 1 unspecified atom stereocenters. The lowest BCUT2D eigenvalue weighted by Gasteiger charge is -2.39. The minimum absolute atomic E-state index is 0.161. The summed E-state index contributed by atoms with van der Waals surface area (Å²) < 4.78 is 0. The monoisotopic (exact) mass is 289 g/mol. The van der Waals surface area contributed by atoms with Crippen LogP contribution >= 0.6 is 0 Å². The third kappa shape index (κ3) is 2.45. The SMILES string of the molecule is CC(C)(C)C1C[C@@H]2CN(C(=O)O)C[C@@H]2N1c1cccnc1. The van der Waals surface area contributed by atoms with Crippen molar-refractivity contribution in [2.24, 2.45) is 11.3 Å². The molecule has 2 fully saturated rings. The quantitative estimate of drug-likeness (QED) is 0.863. The van der Waals surface area contributed by atoms with Crippen molar-refractivity contribution in [1.82, 2.24) is 9.88 Å². The molecule has 0 spiro atoms. The maximum Gasteiger partial charge on any atom is 0.407 e. The molecule has 1 aromatic heterocycles. The van der Waals surface area contributed by atoms with Gasteiger partial charge < -0.3 is 14.9 Å². The molecule has 3 atom stereocenters. The molecule has 0 bridgehead atoms. The molecule has 0 radical (unpaired) electrons. The highest BCUT2D eigenvalue weighted by atomic mass is 16.4. The second-order valence-corrected chi connectivity index (χ2v) is 7.25. The van der Waals surface area contributed by atoms with Gasteiger partial charge in [-0.25, -0.2) is 4.79 Å². The van der Waals surface area contributed by atoms with E-state index in [1.54, 1.807) is 11.1 Å². The molecule has 3 heterocycles. The van der Waals surface area contributed by atoms with Gasteiger partial charge in [0, 0.05) is 31.2 Å². The second kappa shape index (κ2) is 4.90. The van der Waals surface area contributed by atoms with Gasteiger partial charge >= 0.3 is 6.09 Å². The van der Waals surface area contributed by atoms with Gasteiger partial charge in [0.15, 0.2) is 0 Å². The molecule has 3 rings (SSSR count). The summed E-state index contributed by atoms with van der Waals surface area (Å²) in [4.78, 5) is 19.5. The number of pyridine rings is 1. The fourth-order valence-electron chi connectivity index (χ4n) is 3.84. The van der Waals surface area contributed by atoms with Gasteiger partial charge in [0.05, 0.1) is 17.9 Å². The lowest BCUT2D eigenvalue weighted by Crippen LogP contribution is -2.46. The number of fused-ring (bicyclic) bond motifs is 1. The van der Waals surface area contributed by atoms with E-state index >= 15 is 0 Å². The zero-order chi connectivity index (χ0) is 15.2. The average molecular weight is 289 g/mol. The van der Waals surface area contributed by atoms with Gasteiger partial charge in [-0.05, 0) is 24.0 Å². The molecule has 1 amide bonds. The van der Waals surface area contributed by atoms with Crippen LogP contribution in [0.5, 0.6) is 0 Å². The molecule has 0 saturated carbocycles. The smallest absolute Gasteiger partial charge is 0.407 e. The number of carboxylic acid groups (broad SMARTS) is 1. The summed E-state index contributed by atoms with van der Waals surface area (Å²) in [7, 11) is 0. The minimum atomic E-state index is -0.803. The zero-order valence-corrected chi connectivity index (χ0v) is 12.9. The van der Waals surface area contributed by atoms with Crippen LogP contribution in [-0.4, -0.2) is 46.3 Å². The van der Waals surface area contributed by atoms with Crippen molar-refractivity contribution >= 4 is 11.8 Å². The summed E-state index contributed by atoms with van der Waals surface area (Å²) in [5, 5.41) is 9.25. The average Bonchev–Trinajstić information content (AvgIpc) is 2.95. The first-order valence-corrected chi connectivity index (χ1v) is 7.54. The van der Waals surface area contributed by atoms with Gasteiger partial charge in [0.25, 0.3) is 0 Å². The van der Waals surface area contributed by atoms with Crippen LogP contribution in [0, 0.1) is 11.3 Å². The van der Waals surface area contributed by atoms with Crippen LogP contribution < -0.4 is 4.90 Å². The maximum atomic E-state index is 11.2. The van der Waals surface area contributed by atoms with Gasteiger partial charge in [-0.3, -0.25) is 4.98 Å². The number of nitrogens with zero attached hydrogens (tertiary/aromatic N) is 3. The highest BCUT2D eigenvalue weighted by Gasteiger charge is 2.50. The molecule has 2 aliphatic rings. The van der Waals surface area contributed by atoms with Crippen LogP contribution in [0.1, 0.15) is 27.2 Å². The van der Waals surface area contributed by atoms with Crippen LogP contribution in [0.15, 0.2) is 24.5 Å². The van der Waals surface area contributed by atoms with Crippen molar-refractivity contribution in [3.63, 3.8) is 0 Å².